The van der Waals surface area contributed by atoms with Gasteiger partial charge in [-0.2, -0.15) is 0 Å². The minimum atomic E-state index is 0.0299. The highest BCUT2D eigenvalue weighted by atomic mass is 16.5. The van der Waals surface area contributed by atoms with Gasteiger partial charge < -0.3 is 19.9 Å². The van der Waals surface area contributed by atoms with E-state index < -0.39 is 0 Å². The van der Waals surface area contributed by atoms with Crippen LogP contribution in [0.3, 0.4) is 0 Å². The summed E-state index contributed by atoms with van der Waals surface area (Å²) in [5, 5.41) is 13.2. The number of hydrogen-bond acceptors (Lipinski definition) is 4. The molecular weight excluding hydrogens is 266 g/mol. The van der Waals surface area contributed by atoms with Crippen molar-refractivity contribution in [1.29, 1.82) is 0 Å². The minimum absolute atomic E-state index is 0.0299. The average molecular weight is 287 g/mol. The first-order valence-electron chi connectivity index (χ1n) is 6.84. The first-order valence-corrected chi connectivity index (χ1v) is 6.84. The molecule has 0 aliphatic carbocycles. The van der Waals surface area contributed by atoms with Crippen LogP contribution in [-0.2, 0) is 13.1 Å². The molecule has 0 radical (unpaired) electrons. The molecule has 0 aromatic heterocycles. The lowest BCUT2D eigenvalue weighted by Crippen LogP contribution is -2.12. The van der Waals surface area contributed by atoms with Crippen LogP contribution in [0.1, 0.15) is 16.7 Å². The Balaban J connectivity index is 2.01. The fraction of sp³-hybridized carbons (Fsp3) is 0.294. The maximum absolute atomic E-state index is 9.87. The summed E-state index contributed by atoms with van der Waals surface area (Å²) < 4.78 is 10.3. The maximum atomic E-state index is 9.87. The quantitative estimate of drug-likeness (QED) is 0.857. The molecule has 0 saturated heterocycles. The van der Waals surface area contributed by atoms with Gasteiger partial charge in [-0.1, -0.05) is 29.8 Å². The molecule has 0 unspecified atom stereocenters. The summed E-state index contributed by atoms with van der Waals surface area (Å²) in [5.41, 5.74) is 3.48. The third-order valence-corrected chi connectivity index (χ3v) is 3.32. The summed E-state index contributed by atoms with van der Waals surface area (Å²) in [7, 11) is 3.05. The number of methoxy groups -OCH3 is 2. The molecule has 2 aromatic rings. The van der Waals surface area contributed by atoms with E-state index in [4.69, 9.17) is 9.47 Å². The van der Waals surface area contributed by atoms with Crippen molar-refractivity contribution in [2.45, 2.75) is 20.0 Å². The van der Waals surface area contributed by atoms with Crippen LogP contribution >= 0.6 is 0 Å². The first kappa shape index (κ1) is 15.2. The fourth-order valence-electron chi connectivity index (χ4n) is 2.11. The van der Waals surface area contributed by atoms with Crippen LogP contribution in [0.2, 0.25) is 0 Å². The van der Waals surface area contributed by atoms with Crippen LogP contribution in [-0.4, -0.2) is 19.3 Å². The van der Waals surface area contributed by atoms with Crippen molar-refractivity contribution >= 4 is 0 Å². The topological polar surface area (TPSA) is 50.7 Å². The molecule has 0 spiro atoms. The molecule has 2 rings (SSSR count). The second-order valence-corrected chi connectivity index (χ2v) is 4.94. The Morgan fingerprint density at radius 1 is 0.905 bits per heavy atom. The number of aryl methyl sites for hydroxylation is 1. The van der Waals surface area contributed by atoms with Gasteiger partial charge in [0.25, 0.3) is 0 Å². The van der Waals surface area contributed by atoms with Crippen molar-refractivity contribution in [3.63, 3.8) is 0 Å². The van der Waals surface area contributed by atoms with Gasteiger partial charge in [0.2, 0.25) is 5.75 Å². The lowest BCUT2D eigenvalue weighted by Gasteiger charge is -2.12. The molecule has 0 aliphatic heterocycles. The molecular formula is C17H21NO3. The van der Waals surface area contributed by atoms with E-state index in [9.17, 15) is 5.11 Å². The third-order valence-electron chi connectivity index (χ3n) is 3.32. The molecule has 0 fully saturated rings. The average Bonchev–Trinajstić information content (AvgIpc) is 2.50. The lowest BCUT2D eigenvalue weighted by molar-refractivity contribution is 0.339. The predicted molar refractivity (Wildman–Crippen MR) is 82.9 cm³/mol. The van der Waals surface area contributed by atoms with E-state index in [0.717, 1.165) is 12.1 Å². The molecule has 112 valence electrons. The summed E-state index contributed by atoms with van der Waals surface area (Å²) in [4.78, 5) is 0. The predicted octanol–water partition coefficient (Wildman–Crippen LogP) is 3.01. The fourth-order valence-corrected chi connectivity index (χ4v) is 2.11. The molecule has 4 heteroatoms. The van der Waals surface area contributed by atoms with E-state index in [1.54, 1.807) is 12.1 Å². The van der Waals surface area contributed by atoms with Gasteiger partial charge in [0.1, 0.15) is 0 Å². The van der Waals surface area contributed by atoms with Crippen LogP contribution in [0, 0.1) is 6.92 Å². The highest BCUT2D eigenvalue weighted by Crippen LogP contribution is 2.36. The van der Waals surface area contributed by atoms with E-state index in [-0.39, 0.29) is 5.75 Å². The van der Waals surface area contributed by atoms with E-state index in [0.29, 0.717) is 18.0 Å². The summed E-state index contributed by atoms with van der Waals surface area (Å²) in [6.07, 6.45) is 0. The Morgan fingerprint density at radius 3 is 1.95 bits per heavy atom. The van der Waals surface area contributed by atoms with E-state index in [1.807, 2.05) is 0 Å². The summed E-state index contributed by atoms with van der Waals surface area (Å²) in [5.74, 6) is 0.866. The Morgan fingerprint density at radius 2 is 1.43 bits per heavy atom. The summed E-state index contributed by atoms with van der Waals surface area (Å²) >= 11 is 0. The standard InChI is InChI=1S/C17H21NO3/c1-12-4-6-13(7-5-12)10-18-11-14-8-15(20-2)17(19)16(9-14)21-3/h4-9,18-19H,10-11H2,1-3H3. The summed E-state index contributed by atoms with van der Waals surface area (Å²) in [6.45, 7) is 3.53. The van der Waals surface area contributed by atoms with Crippen LogP contribution < -0.4 is 14.8 Å². The Labute approximate surface area is 125 Å². The van der Waals surface area contributed by atoms with Gasteiger partial charge in [-0.15, -0.1) is 0 Å². The highest BCUT2D eigenvalue weighted by Gasteiger charge is 2.10. The molecule has 21 heavy (non-hydrogen) atoms. The van der Waals surface area contributed by atoms with Gasteiger partial charge in [-0.05, 0) is 30.2 Å². The molecule has 2 aromatic carbocycles. The number of aromatic hydroxyl groups is 1. The van der Waals surface area contributed by atoms with Gasteiger partial charge >= 0.3 is 0 Å². The van der Waals surface area contributed by atoms with Gasteiger partial charge in [0.15, 0.2) is 11.5 Å². The SMILES string of the molecule is COc1cc(CNCc2ccc(C)cc2)cc(OC)c1O. The molecule has 0 heterocycles. The zero-order valence-corrected chi connectivity index (χ0v) is 12.6. The zero-order chi connectivity index (χ0) is 15.2. The van der Waals surface area contributed by atoms with E-state index >= 15 is 0 Å². The van der Waals surface area contributed by atoms with Crippen LogP contribution in [0.5, 0.6) is 17.2 Å². The molecule has 0 bridgehead atoms. The minimum Gasteiger partial charge on any atom is -0.502 e. The van der Waals surface area contributed by atoms with Crippen LogP contribution in [0.25, 0.3) is 0 Å². The Kier molecular flexibility index (Phi) is 5.06. The Hall–Kier alpha value is -2.20. The van der Waals surface area contributed by atoms with Crippen molar-refractivity contribution in [3.05, 3.63) is 53.1 Å². The molecule has 4 nitrogen and oxygen atoms in total. The molecule has 2 N–H and O–H groups in total. The number of nitrogens with one attached hydrogen (secondary N) is 1. The molecule has 0 aliphatic rings. The van der Waals surface area contributed by atoms with Gasteiger partial charge in [-0.25, -0.2) is 0 Å². The normalized spacial score (nSPS) is 10.4. The van der Waals surface area contributed by atoms with Gasteiger partial charge in [-0.3, -0.25) is 0 Å². The van der Waals surface area contributed by atoms with Crippen molar-refractivity contribution in [2.75, 3.05) is 14.2 Å². The van der Waals surface area contributed by atoms with Crippen molar-refractivity contribution < 1.29 is 14.6 Å². The van der Waals surface area contributed by atoms with Crippen molar-refractivity contribution in [1.82, 2.24) is 5.32 Å². The highest BCUT2D eigenvalue weighted by molar-refractivity contribution is 5.52. The number of ether oxygens (including phenoxy) is 2. The number of phenolic OH excluding ortho intramolecular Hbond substituents is 1. The molecule has 0 saturated carbocycles. The first-order chi connectivity index (χ1) is 10.1. The third kappa shape index (κ3) is 3.89. The number of benzene rings is 2. The van der Waals surface area contributed by atoms with Gasteiger partial charge in [0.05, 0.1) is 14.2 Å². The number of phenols is 1. The maximum Gasteiger partial charge on any atom is 0.200 e. The van der Waals surface area contributed by atoms with Crippen LogP contribution in [0.15, 0.2) is 36.4 Å². The molecule has 0 atom stereocenters. The Bertz CT molecular complexity index is 568. The zero-order valence-electron chi connectivity index (χ0n) is 12.6. The van der Waals surface area contributed by atoms with Crippen molar-refractivity contribution in [3.8, 4) is 17.2 Å². The van der Waals surface area contributed by atoms with E-state index in [2.05, 4.69) is 36.5 Å². The van der Waals surface area contributed by atoms with Crippen molar-refractivity contribution in [2.24, 2.45) is 0 Å². The second kappa shape index (κ2) is 6.99. The number of hydrogen-bond donors (Lipinski definition) is 2. The second-order valence-electron chi connectivity index (χ2n) is 4.94. The monoisotopic (exact) mass is 287 g/mol. The number of rotatable bonds is 6. The van der Waals surface area contributed by atoms with Crippen LogP contribution in [0.4, 0.5) is 0 Å². The molecule has 0 amide bonds. The smallest absolute Gasteiger partial charge is 0.200 e. The largest absolute Gasteiger partial charge is 0.502 e. The summed E-state index contributed by atoms with van der Waals surface area (Å²) in [6, 6.07) is 12.0. The van der Waals surface area contributed by atoms with E-state index in [1.165, 1.54) is 25.3 Å². The van der Waals surface area contributed by atoms with Gasteiger partial charge in [0, 0.05) is 13.1 Å². The lowest BCUT2D eigenvalue weighted by atomic mass is 10.1.